The van der Waals surface area contributed by atoms with Crippen LogP contribution in [0.25, 0.3) is 10.9 Å². The van der Waals surface area contributed by atoms with Gasteiger partial charge in [-0.3, -0.25) is 0 Å². The number of aliphatic hydroxyl groups is 1. The van der Waals surface area contributed by atoms with E-state index in [1.54, 1.807) is 49.4 Å². The quantitative estimate of drug-likeness (QED) is 0.582. The molecule has 0 fully saturated rings. The van der Waals surface area contributed by atoms with E-state index in [1.807, 2.05) is 42.5 Å². The van der Waals surface area contributed by atoms with Crippen molar-refractivity contribution in [1.29, 1.82) is 0 Å². The maximum atomic E-state index is 13.2. The fraction of sp³-hybridized carbons (Fsp3) is 0.0909. The third kappa shape index (κ3) is 2.85. The molecule has 0 spiro atoms. The summed E-state index contributed by atoms with van der Waals surface area (Å²) in [6, 6.07) is 24.8. The number of fused-ring (bicyclic) bond motifs is 1. The summed E-state index contributed by atoms with van der Waals surface area (Å²) in [4.78, 5) is 0.205. The second kappa shape index (κ2) is 6.37. The van der Waals surface area contributed by atoms with E-state index in [-0.39, 0.29) is 4.90 Å². The average Bonchev–Trinajstić information content (AvgIpc) is 3.11. The number of nitrogens with zero attached hydrogens (tertiary/aromatic N) is 1. The predicted molar refractivity (Wildman–Crippen MR) is 106 cm³/mol. The summed E-state index contributed by atoms with van der Waals surface area (Å²) < 4.78 is 27.7. The van der Waals surface area contributed by atoms with Crippen molar-refractivity contribution in [1.82, 2.24) is 3.97 Å². The summed E-state index contributed by atoms with van der Waals surface area (Å²) in [5, 5.41) is 12.0. The normalized spacial score (nSPS) is 14.1. The standard InChI is InChI=1S/C22H19NO3S/c1-22(24,17-10-4-2-5-11-17)20-16-23(21-15-9-8-14-19(20)21)27(25,26)18-12-6-3-7-13-18/h2-16,24H,1H3/t22-/m1/s1. The van der Waals surface area contributed by atoms with Gasteiger partial charge in [0.1, 0.15) is 5.60 Å². The Hall–Kier alpha value is -2.89. The number of hydrogen-bond donors (Lipinski definition) is 1. The topological polar surface area (TPSA) is 59.3 Å². The molecule has 0 unspecified atom stereocenters. The van der Waals surface area contributed by atoms with Crippen LogP contribution >= 0.6 is 0 Å². The van der Waals surface area contributed by atoms with Crippen LogP contribution < -0.4 is 0 Å². The van der Waals surface area contributed by atoms with Crippen LogP contribution in [-0.4, -0.2) is 17.5 Å². The third-order valence-corrected chi connectivity index (χ3v) is 6.53. The summed E-state index contributed by atoms with van der Waals surface area (Å²) in [7, 11) is -3.78. The molecule has 4 aromatic rings. The molecule has 0 bridgehead atoms. The lowest BCUT2D eigenvalue weighted by Crippen LogP contribution is -2.22. The zero-order chi connectivity index (χ0) is 19.1. The molecule has 0 saturated carbocycles. The maximum Gasteiger partial charge on any atom is 0.268 e. The monoisotopic (exact) mass is 377 g/mol. The Labute approximate surface area is 158 Å². The highest BCUT2D eigenvalue weighted by Crippen LogP contribution is 2.36. The van der Waals surface area contributed by atoms with E-state index >= 15 is 0 Å². The molecule has 0 aliphatic carbocycles. The van der Waals surface area contributed by atoms with E-state index in [2.05, 4.69) is 0 Å². The van der Waals surface area contributed by atoms with E-state index < -0.39 is 15.6 Å². The molecule has 27 heavy (non-hydrogen) atoms. The minimum Gasteiger partial charge on any atom is -0.381 e. The molecule has 0 radical (unpaired) electrons. The van der Waals surface area contributed by atoms with Gasteiger partial charge in [0.25, 0.3) is 10.0 Å². The number of rotatable bonds is 4. The molecule has 0 aliphatic rings. The van der Waals surface area contributed by atoms with Gasteiger partial charge in [-0.05, 0) is 30.7 Å². The van der Waals surface area contributed by atoms with Crippen LogP contribution in [0.4, 0.5) is 0 Å². The highest BCUT2D eigenvalue weighted by molar-refractivity contribution is 7.90. The van der Waals surface area contributed by atoms with Gasteiger partial charge >= 0.3 is 0 Å². The summed E-state index contributed by atoms with van der Waals surface area (Å²) >= 11 is 0. The molecule has 1 heterocycles. The van der Waals surface area contributed by atoms with Crippen LogP contribution in [0.15, 0.2) is 96.0 Å². The van der Waals surface area contributed by atoms with Crippen molar-refractivity contribution in [2.75, 3.05) is 0 Å². The van der Waals surface area contributed by atoms with E-state index in [0.29, 0.717) is 22.0 Å². The summed E-state index contributed by atoms with van der Waals surface area (Å²) in [5.74, 6) is 0. The molecule has 0 saturated heterocycles. The van der Waals surface area contributed by atoms with Crippen molar-refractivity contribution in [3.8, 4) is 0 Å². The molecule has 3 aromatic carbocycles. The number of hydrogen-bond acceptors (Lipinski definition) is 3. The lowest BCUT2D eigenvalue weighted by molar-refractivity contribution is 0.104. The van der Waals surface area contributed by atoms with Crippen molar-refractivity contribution < 1.29 is 13.5 Å². The van der Waals surface area contributed by atoms with Crippen LogP contribution in [0.5, 0.6) is 0 Å². The zero-order valence-corrected chi connectivity index (χ0v) is 15.6. The first kappa shape index (κ1) is 17.5. The largest absolute Gasteiger partial charge is 0.381 e. The molecule has 1 aromatic heterocycles. The van der Waals surface area contributed by atoms with Crippen molar-refractivity contribution in [3.63, 3.8) is 0 Å². The van der Waals surface area contributed by atoms with Crippen LogP contribution in [0.3, 0.4) is 0 Å². The van der Waals surface area contributed by atoms with Gasteiger partial charge in [0.2, 0.25) is 0 Å². The Morgan fingerprint density at radius 1 is 0.815 bits per heavy atom. The van der Waals surface area contributed by atoms with Crippen LogP contribution in [0.2, 0.25) is 0 Å². The van der Waals surface area contributed by atoms with Gasteiger partial charge in [0, 0.05) is 17.1 Å². The Kier molecular flexibility index (Phi) is 4.13. The molecular weight excluding hydrogens is 358 g/mol. The highest BCUT2D eigenvalue weighted by Gasteiger charge is 2.31. The number of benzene rings is 3. The van der Waals surface area contributed by atoms with Gasteiger partial charge < -0.3 is 5.11 Å². The van der Waals surface area contributed by atoms with Gasteiger partial charge in [-0.1, -0.05) is 66.7 Å². The molecule has 0 aliphatic heterocycles. The Morgan fingerprint density at radius 2 is 1.37 bits per heavy atom. The highest BCUT2D eigenvalue weighted by atomic mass is 32.2. The Balaban J connectivity index is 1.99. The smallest absolute Gasteiger partial charge is 0.268 e. The van der Waals surface area contributed by atoms with E-state index in [9.17, 15) is 13.5 Å². The first-order valence-electron chi connectivity index (χ1n) is 8.61. The fourth-order valence-corrected chi connectivity index (χ4v) is 4.75. The van der Waals surface area contributed by atoms with Gasteiger partial charge in [-0.15, -0.1) is 0 Å². The lowest BCUT2D eigenvalue weighted by Gasteiger charge is -2.23. The summed E-state index contributed by atoms with van der Waals surface area (Å²) in [6.07, 6.45) is 1.53. The van der Waals surface area contributed by atoms with Crippen molar-refractivity contribution in [2.24, 2.45) is 0 Å². The van der Waals surface area contributed by atoms with Crippen molar-refractivity contribution in [3.05, 3.63) is 102 Å². The SMILES string of the molecule is C[C@@](O)(c1ccccc1)c1cn(S(=O)(=O)c2ccccc2)c2ccccc12. The number of aromatic nitrogens is 1. The molecule has 1 atom stereocenters. The van der Waals surface area contributed by atoms with E-state index in [4.69, 9.17) is 0 Å². The zero-order valence-electron chi connectivity index (χ0n) is 14.8. The first-order valence-corrected chi connectivity index (χ1v) is 10.1. The van der Waals surface area contributed by atoms with Gasteiger partial charge in [0.05, 0.1) is 10.4 Å². The lowest BCUT2D eigenvalue weighted by atomic mass is 9.88. The molecule has 4 rings (SSSR count). The van der Waals surface area contributed by atoms with Crippen molar-refractivity contribution in [2.45, 2.75) is 17.4 Å². The van der Waals surface area contributed by atoms with Gasteiger partial charge in [-0.2, -0.15) is 0 Å². The van der Waals surface area contributed by atoms with Crippen LogP contribution in [0.1, 0.15) is 18.1 Å². The average molecular weight is 377 g/mol. The molecule has 0 amide bonds. The molecule has 4 nitrogen and oxygen atoms in total. The second-order valence-corrected chi connectivity index (χ2v) is 8.43. The summed E-state index contributed by atoms with van der Waals surface area (Å²) in [5.41, 5.74) is 0.444. The first-order chi connectivity index (χ1) is 12.9. The molecule has 1 N–H and O–H groups in total. The van der Waals surface area contributed by atoms with Gasteiger partial charge in [0.15, 0.2) is 0 Å². The molecule has 5 heteroatoms. The van der Waals surface area contributed by atoms with Gasteiger partial charge in [-0.25, -0.2) is 12.4 Å². The summed E-state index contributed by atoms with van der Waals surface area (Å²) in [6.45, 7) is 1.68. The van der Waals surface area contributed by atoms with E-state index in [1.165, 1.54) is 10.2 Å². The number of para-hydroxylation sites is 1. The maximum absolute atomic E-state index is 13.2. The minimum atomic E-state index is -3.78. The van der Waals surface area contributed by atoms with Crippen molar-refractivity contribution >= 4 is 20.9 Å². The second-order valence-electron chi connectivity index (χ2n) is 6.61. The predicted octanol–water partition coefficient (Wildman–Crippen LogP) is 4.13. The molecule has 136 valence electrons. The van der Waals surface area contributed by atoms with Crippen LogP contribution in [-0.2, 0) is 15.6 Å². The Bertz CT molecular complexity index is 1190. The molecular formula is C22H19NO3S. The van der Waals surface area contributed by atoms with E-state index in [0.717, 1.165) is 0 Å². The Morgan fingerprint density at radius 3 is 2.04 bits per heavy atom. The third-order valence-electron chi connectivity index (χ3n) is 4.84. The van der Waals surface area contributed by atoms with Crippen LogP contribution in [0, 0.1) is 0 Å². The minimum absolute atomic E-state index is 0.205. The fourth-order valence-electron chi connectivity index (χ4n) is 3.36.